The summed E-state index contributed by atoms with van der Waals surface area (Å²) in [6.07, 6.45) is 0. The van der Waals surface area contributed by atoms with Gasteiger partial charge in [-0.3, -0.25) is 0 Å². The summed E-state index contributed by atoms with van der Waals surface area (Å²) in [5.41, 5.74) is 8.46. The van der Waals surface area contributed by atoms with Crippen molar-refractivity contribution in [3.05, 3.63) is 82.9 Å². The molecule has 0 saturated heterocycles. The van der Waals surface area contributed by atoms with Crippen molar-refractivity contribution in [2.75, 3.05) is 0 Å². The highest BCUT2D eigenvalue weighted by atomic mass is 35.5. The summed E-state index contributed by atoms with van der Waals surface area (Å²) in [4.78, 5) is 0. The highest BCUT2D eigenvalue weighted by Crippen LogP contribution is 2.30. The van der Waals surface area contributed by atoms with Gasteiger partial charge in [-0.1, -0.05) is 72.3 Å². The van der Waals surface area contributed by atoms with Crippen LogP contribution in [0.5, 0.6) is 0 Å². The quantitative estimate of drug-likeness (QED) is 0.725. The van der Waals surface area contributed by atoms with Crippen LogP contribution in [0.2, 0.25) is 5.02 Å². The van der Waals surface area contributed by atoms with E-state index in [9.17, 15) is 0 Å². The van der Waals surface area contributed by atoms with Crippen LogP contribution in [0, 0.1) is 0 Å². The first kappa shape index (κ1) is 12.2. The van der Waals surface area contributed by atoms with Gasteiger partial charge in [-0.25, -0.2) is 0 Å². The zero-order valence-corrected chi connectivity index (χ0v) is 11.1. The molecule has 0 aliphatic rings. The van der Waals surface area contributed by atoms with Gasteiger partial charge in [0.25, 0.3) is 0 Å². The van der Waals surface area contributed by atoms with Crippen molar-refractivity contribution in [2.24, 2.45) is 5.73 Å². The van der Waals surface area contributed by atoms with E-state index < -0.39 is 0 Å². The minimum absolute atomic E-state index is 0.209. The molecule has 3 aromatic carbocycles. The molecule has 3 rings (SSSR count). The molecule has 0 radical (unpaired) electrons. The molecule has 0 spiro atoms. The molecule has 3 aromatic rings. The van der Waals surface area contributed by atoms with Gasteiger partial charge in [0, 0.05) is 5.02 Å². The first-order valence-corrected chi connectivity index (χ1v) is 6.63. The van der Waals surface area contributed by atoms with E-state index in [1.165, 1.54) is 10.8 Å². The molecule has 0 aliphatic heterocycles. The minimum Gasteiger partial charge on any atom is -0.320 e. The van der Waals surface area contributed by atoms with E-state index in [-0.39, 0.29) is 6.04 Å². The highest BCUT2D eigenvalue weighted by Gasteiger charge is 2.14. The van der Waals surface area contributed by atoms with Crippen LogP contribution in [0.4, 0.5) is 0 Å². The van der Waals surface area contributed by atoms with E-state index in [1.54, 1.807) is 0 Å². The number of nitrogens with two attached hydrogens (primary N) is 1. The van der Waals surface area contributed by atoms with Crippen LogP contribution in [0.3, 0.4) is 0 Å². The van der Waals surface area contributed by atoms with Crippen molar-refractivity contribution in [2.45, 2.75) is 6.04 Å². The minimum atomic E-state index is -0.209. The zero-order valence-electron chi connectivity index (χ0n) is 10.4. The average Bonchev–Trinajstić information content (AvgIpc) is 2.46. The third-order valence-corrected chi connectivity index (χ3v) is 3.74. The molecule has 0 aliphatic carbocycles. The van der Waals surface area contributed by atoms with Gasteiger partial charge in [0.05, 0.1) is 6.04 Å². The second-order valence-corrected chi connectivity index (χ2v) is 4.97. The van der Waals surface area contributed by atoms with Crippen LogP contribution in [-0.2, 0) is 0 Å². The van der Waals surface area contributed by atoms with Gasteiger partial charge in [0.1, 0.15) is 0 Å². The van der Waals surface area contributed by atoms with E-state index in [0.717, 1.165) is 11.1 Å². The lowest BCUT2D eigenvalue weighted by atomic mass is 9.94. The maximum Gasteiger partial charge on any atom is 0.0572 e. The second-order valence-electron chi connectivity index (χ2n) is 4.57. The van der Waals surface area contributed by atoms with Crippen LogP contribution < -0.4 is 5.73 Å². The maximum absolute atomic E-state index is 6.40. The van der Waals surface area contributed by atoms with Gasteiger partial charge in [-0.2, -0.15) is 0 Å². The Bertz CT molecular complexity index is 716. The standard InChI is InChI=1S/C17H14ClN/c18-16-11-4-3-9-15(16)17(19)14-10-5-7-12-6-1-2-8-13(12)14/h1-11,17H,19H2. The van der Waals surface area contributed by atoms with Crippen molar-refractivity contribution < 1.29 is 0 Å². The van der Waals surface area contributed by atoms with Gasteiger partial charge >= 0.3 is 0 Å². The Morgan fingerprint density at radius 1 is 0.737 bits per heavy atom. The van der Waals surface area contributed by atoms with E-state index in [1.807, 2.05) is 42.5 Å². The molecule has 1 nitrogen and oxygen atoms in total. The molecule has 0 saturated carbocycles. The third kappa shape index (κ3) is 2.23. The summed E-state index contributed by atoms with van der Waals surface area (Å²) >= 11 is 6.24. The van der Waals surface area contributed by atoms with Gasteiger partial charge in [0.15, 0.2) is 0 Å². The summed E-state index contributed by atoms with van der Waals surface area (Å²) in [5.74, 6) is 0. The fourth-order valence-electron chi connectivity index (χ4n) is 2.42. The van der Waals surface area contributed by atoms with Gasteiger partial charge in [-0.05, 0) is 28.0 Å². The normalized spacial score (nSPS) is 12.5. The van der Waals surface area contributed by atoms with Crippen LogP contribution >= 0.6 is 11.6 Å². The van der Waals surface area contributed by atoms with E-state index in [2.05, 4.69) is 24.3 Å². The summed E-state index contributed by atoms with van der Waals surface area (Å²) in [6, 6.07) is 22.0. The molecule has 94 valence electrons. The molecule has 0 aromatic heterocycles. The summed E-state index contributed by atoms with van der Waals surface area (Å²) in [6.45, 7) is 0. The lowest BCUT2D eigenvalue weighted by Gasteiger charge is -2.16. The molecule has 1 unspecified atom stereocenters. The molecular weight excluding hydrogens is 254 g/mol. The van der Waals surface area contributed by atoms with Gasteiger partial charge < -0.3 is 5.73 Å². The smallest absolute Gasteiger partial charge is 0.0572 e. The Balaban J connectivity index is 2.17. The summed E-state index contributed by atoms with van der Waals surface area (Å²) in [7, 11) is 0. The Morgan fingerprint density at radius 3 is 2.21 bits per heavy atom. The molecule has 0 fully saturated rings. The first-order chi connectivity index (χ1) is 9.27. The first-order valence-electron chi connectivity index (χ1n) is 6.25. The van der Waals surface area contributed by atoms with Crippen LogP contribution in [0.15, 0.2) is 66.7 Å². The maximum atomic E-state index is 6.40. The van der Waals surface area contributed by atoms with Crippen molar-refractivity contribution in [3.8, 4) is 0 Å². The molecular formula is C17H14ClN. The molecule has 0 amide bonds. The monoisotopic (exact) mass is 267 g/mol. The largest absolute Gasteiger partial charge is 0.320 e. The topological polar surface area (TPSA) is 26.0 Å². The molecule has 2 N–H and O–H groups in total. The van der Waals surface area contributed by atoms with Crippen LogP contribution in [0.1, 0.15) is 17.2 Å². The number of hydrogen-bond acceptors (Lipinski definition) is 1. The second kappa shape index (κ2) is 5.04. The predicted molar refractivity (Wildman–Crippen MR) is 81.4 cm³/mol. The lowest BCUT2D eigenvalue weighted by Crippen LogP contribution is -2.12. The highest BCUT2D eigenvalue weighted by molar-refractivity contribution is 6.31. The van der Waals surface area contributed by atoms with Crippen molar-refractivity contribution in [1.29, 1.82) is 0 Å². The van der Waals surface area contributed by atoms with Crippen molar-refractivity contribution >= 4 is 22.4 Å². The summed E-state index contributed by atoms with van der Waals surface area (Å²) < 4.78 is 0. The SMILES string of the molecule is NC(c1ccccc1Cl)c1cccc2ccccc12. The average molecular weight is 268 g/mol. The van der Waals surface area contributed by atoms with Gasteiger partial charge in [-0.15, -0.1) is 0 Å². The van der Waals surface area contributed by atoms with Crippen molar-refractivity contribution in [3.63, 3.8) is 0 Å². The number of hydrogen-bond donors (Lipinski definition) is 1. The molecule has 19 heavy (non-hydrogen) atoms. The Kier molecular flexibility index (Phi) is 3.24. The van der Waals surface area contributed by atoms with E-state index >= 15 is 0 Å². The summed E-state index contributed by atoms with van der Waals surface area (Å²) in [5, 5.41) is 3.09. The zero-order chi connectivity index (χ0) is 13.2. The van der Waals surface area contributed by atoms with E-state index in [0.29, 0.717) is 5.02 Å². The number of fused-ring (bicyclic) bond motifs is 1. The fraction of sp³-hybridized carbons (Fsp3) is 0.0588. The fourth-order valence-corrected chi connectivity index (χ4v) is 2.67. The molecule has 2 heteroatoms. The lowest BCUT2D eigenvalue weighted by molar-refractivity contribution is 0.881. The Hall–Kier alpha value is -1.83. The molecule has 1 atom stereocenters. The Labute approximate surface area is 117 Å². The van der Waals surface area contributed by atoms with Crippen LogP contribution in [-0.4, -0.2) is 0 Å². The molecule has 0 bridgehead atoms. The molecule has 0 heterocycles. The van der Waals surface area contributed by atoms with Crippen molar-refractivity contribution in [1.82, 2.24) is 0 Å². The number of benzene rings is 3. The van der Waals surface area contributed by atoms with Gasteiger partial charge in [0.2, 0.25) is 0 Å². The number of halogens is 1. The van der Waals surface area contributed by atoms with Crippen LogP contribution in [0.25, 0.3) is 10.8 Å². The third-order valence-electron chi connectivity index (χ3n) is 3.40. The Morgan fingerprint density at radius 2 is 1.37 bits per heavy atom. The van der Waals surface area contributed by atoms with E-state index in [4.69, 9.17) is 17.3 Å². The predicted octanol–water partition coefficient (Wildman–Crippen LogP) is 4.54. The number of rotatable bonds is 2.